The predicted molar refractivity (Wildman–Crippen MR) is 100 cm³/mol. The van der Waals surface area contributed by atoms with Crippen molar-refractivity contribution < 1.29 is 42.4 Å². The van der Waals surface area contributed by atoms with E-state index >= 15 is 0 Å². The van der Waals surface area contributed by atoms with Crippen molar-refractivity contribution in [1.29, 1.82) is 0 Å². The number of hydrogen-bond donors (Lipinski definition) is 1. The first kappa shape index (κ1) is 24.4. The van der Waals surface area contributed by atoms with E-state index in [-0.39, 0.29) is 37.1 Å². The molecule has 0 aromatic heterocycles. The van der Waals surface area contributed by atoms with Crippen molar-refractivity contribution in [2.75, 3.05) is 34.9 Å². The molecule has 1 aromatic rings. The summed E-state index contributed by atoms with van der Waals surface area (Å²) in [5.41, 5.74) is -0.676. The van der Waals surface area contributed by atoms with Crippen LogP contribution in [0.3, 0.4) is 0 Å². The second-order valence-corrected chi connectivity index (χ2v) is 6.92. The summed E-state index contributed by atoms with van der Waals surface area (Å²) in [6.07, 6.45) is -1.03. The van der Waals surface area contributed by atoms with Crippen molar-refractivity contribution >= 4 is 12.1 Å². The van der Waals surface area contributed by atoms with E-state index in [1.165, 1.54) is 20.3 Å². The number of carbonyl (C=O) groups excluding carboxylic acids is 2. The molecule has 10 heteroatoms. The SMILES string of the molecule is COCOc1cc(F)c(C[C@H](NC(=O)OC(C)(C)C)C(=O)OC)cc1OCOC. The molecule has 1 rings (SSSR count). The molecule has 0 aliphatic heterocycles. The monoisotopic (exact) mass is 417 g/mol. The molecule has 0 fully saturated rings. The number of carbonyl (C=O) groups is 2. The molecular weight excluding hydrogens is 389 g/mol. The first-order chi connectivity index (χ1) is 13.6. The van der Waals surface area contributed by atoms with Gasteiger partial charge >= 0.3 is 12.1 Å². The Morgan fingerprint density at radius 2 is 1.59 bits per heavy atom. The minimum atomic E-state index is -1.18. The molecule has 164 valence electrons. The summed E-state index contributed by atoms with van der Waals surface area (Å²) in [5, 5.41) is 2.39. The highest BCUT2D eigenvalue weighted by Crippen LogP contribution is 2.31. The number of ether oxygens (including phenoxy) is 6. The number of esters is 1. The number of halogens is 1. The minimum absolute atomic E-state index is 0.0901. The average Bonchev–Trinajstić information content (AvgIpc) is 2.64. The zero-order chi connectivity index (χ0) is 22.0. The molecule has 0 aliphatic rings. The van der Waals surface area contributed by atoms with Gasteiger partial charge in [0.2, 0.25) is 0 Å². The van der Waals surface area contributed by atoms with Gasteiger partial charge in [0.05, 0.1) is 7.11 Å². The van der Waals surface area contributed by atoms with Gasteiger partial charge < -0.3 is 33.7 Å². The lowest BCUT2D eigenvalue weighted by Crippen LogP contribution is -2.45. The van der Waals surface area contributed by atoms with Crippen LogP contribution in [0.1, 0.15) is 26.3 Å². The zero-order valence-corrected chi connectivity index (χ0v) is 17.5. The Morgan fingerprint density at radius 1 is 1.03 bits per heavy atom. The van der Waals surface area contributed by atoms with Gasteiger partial charge in [0.15, 0.2) is 25.1 Å². The van der Waals surface area contributed by atoms with Crippen LogP contribution in [0, 0.1) is 5.82 Å². The standard InChI is InChI=1S/C19H28FNO8/c1-19(2,3)29-18(23)21-14(17(22)26-6)7-12-8-15(27-10-24-4)16(9-13(12)20)28-11-25-5/h8-9,14H,7,10-11H2,1-6H3,(H,21,23)/t14-/m0/s1. The van der Waals surface area contributed by atoms with Gasteiger partial charge in [-0.25, -0.2) is 14.0 Å². The Kier molecular flexibility index (Phi) is 9.63. The molecule has 0 heterocycles. The first-order valence-corrected chi connectivity index (χ1v) is 8.74. The zero-order valence-electron chi connectivity index (χ0n) is 17.5. The number of nitrogens with one attached hydrogen (secondary N) is 1. The van der Waals surface area contributed by atoms with Crippen molar-refractivity contribution in [2.45, 2.75) is 38.8 Å². The van der Waals surface area contributed by atoms with E-state index in [1.54, 1.807) is 20.8 Å². The van der Waals surface area contributed by atoms with Crippen molar-refractivity contribution in [3.63, 3.8) is 0 Å². The fourth-order valence-electron chi connectivity index (χ4n) is 2.21. The molecule has 1 aromatic carbocycles. The van der Waals surface area contributed by atoms with Gasteiger partial charge in [0.25, 0.3) is 0 Å². The molecule has 0 saturated heterocycles. The van der Waals surface area contributed by atoms with E-state index in [9.17, 15) is 14.0 Å². The van der Waals surface area contributed by atoms with Gasteiger partial charge in [-0.05, 0) is 32.4 Å². The third-order valence-corrected chi connectivity index (χ3v) is 3.38. The van der Waals surface area contributed by atoms with Gasteiger partial charge in [0.1, 0.15) is 17.5 Å². The van der Waals surface area contributed by atoms with E-state index < -0.39 is 29.5 Å². The Morgan fingerprint density at radius 3 is 2.07 bits per heavy atom. The number of rotatable bonds is 10. The maximum atomic E-state index is 14.6. The first-order valence-electron chi connectivity index (χ1n) is 8.74. The van der Waals surface area contributed by atoms with E-state index in [0.29, 0.717) is 0 Å². The lowest BCUT2D eigenvalue weighted by atomic mass is 10.0. The molecule has 0 saturated carbocycles. The summed E-state index contributed by atoms with van der Waals surface area (Å²) in [6, 6.07) is 1.28. The number of benzene rings is 1. The predicted octanol–water partition coefficient (Wildman–Crippen LogP) is 2.40. The number of hydrogen-bond acceptors (Lipinski definition) is 8. The van der Waals surface area contributed by atoms with Gasteiger partial charge in [-0.1, -0.05) is 0 Å². The summed E-state index contributed by atoms with van der Waals surface area (Å²) >= 11 is 0. The van der Waals surface area contributed by atoms with Crippen LogP contribution in [0.15, 0.2) is 12.1 Å². The van der Waals surface area contributed by atoms with Crippen LogP contribution in [0.2, 0.25) is 0 Å². The topological polar surface area (TPSA) is 102 Å². The third kappa shape index (κ3) is 8.53. The lowest BCUT2D eigenvalue weighted by Gasteiger charge is -2.23. The van der Waals surface area contributed by atoms with Crippen molar-refractivity contribution in [2.24, 2.45) is 0 Å². The van der Waals surface area contributed by atoms with E-state index in [0.717, 1.165) is 13.2 Å². The maximum Gasteiger partial charge on any atom is 0.408 e. The maximum absolute atomic E-state index is 14.6. The molecule has 1 N–H and O–H groups in total. The Hall–Kier alpha value is -2.59. The minimum Gasteiger partial charge on any atom is -0.467 e. The number of alkyl carbamates (subject to hydrolysis) is 1. The molecule has 1 amide bonds. The Bertz CT molecular complexity index is 690. The van der Waals surface area contributed by atoms with Crippen LogP contribution in [-0.4, -0.2) is 58.6 Å². The fraction of sp³-hybridized carbons (Fsp3) is 0.579. The molecule has 0 unspecified atom stereocenters. The Labute approximate surface area is 169 Å². The van der Waals surface area contributed by atoms with Crippen LogP contribution >= 0.6 is 0 Å². The Balaban J connectivity index is 3.10. The van der Waals surface area contributed by atoms with E-state index in [4.69, 9.17) is 28.4 Å². The highest BCUT2D eigenvalue weighted by atomic mass is 19.1. The summed E-state index contributed by atoms with van der Waals surface area (Å²) in [4.78, 5) is 24.1. The lowest BCUT2D eigenvalue weighted by molar-refractivity contribution is -0.143. The summed E-state index contributed by atoms with van der Waals surface area (Å²) < 4.78 is 44.8. The fourth-order valence-corrected chi connectivity index (χ4v) is 2.21. The highest BCUT2D eigenvalue weighted by Gasteiger charge is 2.27. The molecular formula is C19H28FNO8. The molecule has 0 aliphatic carbocycles. The van der Waals surface area contributed by atoms with Crippen molar-refractivity contribution in [1.82, 2.24) is 5.32 Å². The third-order valence-electron chi connectivity index (χ3n) is 3.38. The molecule has 0 radical (unpaired) electrons. The van der Waals surface area contributed by atoms with Crippen LogP contribution in [0.25, 0.3) is 0 Å². The molecule has 9 nitrogen and oxygen atoms in total. The second-order valence-electron chi connectivity index (χ2n) is 6.92. The molecule has 0 spiro atoms. The normalized spacial score (nSPS) is 12.1. The van der Waals surface area contributed by atoms with Gasteiger partial charge in [-0.3, -0.25) is 0 Å². The smallest absolute Gasteiger partial charge is 0.408 e. The van der Waals surface area contributed by atoms with Crippen molar-refractivity contribution in [3.8, 4) is 11.5 Å². The highest BCUT2D eigenvalue weighted by molar-refractivity contribution is 5.81. The quantitative estimate of drug-likeness (QED) is 0.457. The van der Waals surface area contributed by atoms with Gasteiger partial charge in [0, 0.05) is 26.7 Å². The van der Waals surface area contributed by atoms with Crippen LogP contribution in [0.5, 0.6) is 11.5 Å². The molecule has 1 atom stereocenters. The van der Waals surface area contributed by atoms with Crippen LogP contribution < -0.4 is 14.8 Å². The summed E-state index contributed by atoms with van der Waals surface area (Å²) in [5.74, 6) is -1.14. The second kappa shape index (κ2) is 11.4. The van der Waals surface area contributed by atoms with Crippen molar-refractivity contribution in [3.05, 3.63) is 23.5 Å². The summed E-state index contributed by atoms with van der Waals surface area (Å²) in [7, 11) is 4.01. The molecule has 0 bridgehead atoms. The largest absolute Gasteiger partial charge is 0.467 e. The van der Waals surface area contributed by atoms with E-state index in [1.807, 2.05) is 0 Å². The van der Waals surface area contributed by atoms with Gasteiger partial charge in [-0.2, -0.15) is 0 Å². The van der Waals surface area contributed by atoms with Crippen LogP contribution in [-0.2, 0) is 30.2 Å². The van der Waals surface area contributed by atoms with Crippen LogP contribution in [0.4, 0.5) is 9.18 Å². The number of amides is 1. The van der Waals surface area contributed by atoms with Gasteiger partial charge in [-0.15, -0.1) is 0 Å². The average molecular weight is 417 g/mol. The summed E-state index contributed by atoms with van der Waals surface area (Å²) in [6.45, 7) is 4.81. The number of methoxy groups -OCH3 is 3. The molecule has 29 heavy (non-hydrogen) atoms. The van der Waals surface area contributed by atoms with E-state index in [2.05, 4.69) is 5.32 Å².